The maximum Gasteiger partial charge on any atom is 0.497 e. The smallest absolute Gasteiger partial charge is 0.497 e. The molecule has 7 heteroatoms. The van der Waals surface area contributed by atoms with Crippen molar-refractivity contribution >= 4 is 20.9 Å². The van der Waals surface area contributed by atoms with Crippen molar-refractivity contribution in [3.63, 3.8) is 0 Å². The van der Waals surface area contributed by atoms with Gasteiger partial charge in [-0.1, -0.05) is 34.6 Å². The Morgan fingerprint density at radius 3 is 2.09 bits per heavy atom. The van der Waals surface area contributed by atoms with Crippen LogP contribution in [0.4, 0.5) is 0 Å². The first kappa shape index (κ1) is 17.4. The highest BCUT2D eigenvalue weighted by molar-refractivity contribution is 6.74. The van der Waals surface area contributed by atoms with E-state index in [1.807, 2.05) is 0 Å². The molecule has 1 aliphatic heterocycles. The minimum Gasteiger partial charge on any atom is -0.517 e. The molecule has 0 aromatic carbocycles. The zero-order chi connectivity index (χ0) is 16.6. The van der Waals surface area contributed by atoms with E-state index in [1.165, 1.54) is 0 Å². The molecule has 5 nitrogen and oxygen atoms in total. The molecule has 0 spiro atoms. The molecule has 2 heterocycles. The molecule has 1 aromatic rings. The van der Waals surface area contributed by atoms with Crippen LogP contribution in [0.2, 0.25) is 18.1 Å². The van der Waals surface area contributed by atoms with Crippen LogP contribution in [0, 0.1) is 5.41 Å². The maximum atomic E-state index is 6.08. The Kier molecular flexibility index (Phi) is 4.71. The van der Waals surface area contributed by atoms with Crippen LogP contribution in [0.25, 0.3) is 0 Å². The first-order valence-electron chi connectivity index (χ1n) is 7.74. The topological polar surface area (TPSA) is 53.5 Å². The van der Waals surface area contributed by atoms with Gasteiger partial charge in [0.25, 0.3) is 8.32 Å². The molecule has 0 amide bonds. The molecule has 0 unspecified atom stereocenters. The van der Waals surface area contributed by atoms with Crippen LogP contribution in [-0.4, -0.2) is 38.6 Å². The number of hydrogen-bond donors (Lipinski definition) is 0. The van der Waals surface area contributed by atoms with E-state index in [0.29, 0.717) is 19.2 Å². The van der Waals surface area contributed by atoms with Gasteiger partial charge in [-0.3, -0.25) is 0 Å². The van der Waals surface area contributed by atoms with Crippen LogP contribution in [-0.2, 0) is 9.31 Å². The molecule has 0 bridgehead atoms. The molecule has 0 N–H and O–H groups in total. The van der Waals surface area contributed by atoms with Gasteiger partial charge in [-0.05, 0) is 18.1 Å². The van der Waals surface area contributed by atoms with Crippen molar-refractivity contribution in [1.82, 2.24) is 9.97 Å². The molecule has 1 aromatic heterocycles. The summed E-state index contributed by atoms with van der Waals surface area (Å²) in [5.74, 6) is 0. The summed E-state index contributed by atoms with van der Waals surface area (Å²) in [6.07, 6.45) is 3.47. The number of hydrogen-bond acceptors (Lipinski definition) is 5. The predicted molar refractivity (Wildman–Crippen MR) is 90.9 cm³/mol. The fourth-order valence-corrected chi connectivity index (χ4v) is 2.63. The summed E-state index contributed by atoms with van der Waals surface area (Å²) < 4.78 is 17.6. The molecule has 122 valence electrons. The Bertz CT molecular complexity index is 505. The minimum atomic E-state index is -1.91. The molecule has 1 aliphatic rings. The summed E-state index contributed by atoms with van der Waals surface area (Å²) in [7, 11) is -2.29. The summed E-state index contributed by atoms with van der Waals surface area (Å²) in [6.45, 7) is 16.5. The van der Waals surface area contributed by atoms with Gasteiger partial charge < -0.3 is 13.7 Å². The van der Waals surface area contributed by atoms with E-state index >= 15 is 0 Å². The molecular formula is C15H27BN2O3Si. The van der Waals surface area contributed by atoms with E-state index < -0.39 is 8.32 Å². The van der Waals surface area contributed by atoms with E-state index in [9.17, 15) is 0 Å². The Hall–Kier alpha value is -0.918. The fourth-order valence-electron chi connectivity index (χ4n) is 1.77. The van der Waals surface area contributed by atoms with Gasteiger partial charge in [0.2, 0.25) is 0 Å². The Morgan fingerprint density at radius 2 is 1.64 bits per heavy atom. The van der Waals surface area contributed by atoms with Gasteiger partial charge in [0.15, 0.2) is 0 Å². The highest BCUT2D eigenvalue weighted by Gasteiger charge is 2.40. The van der Waals surface area contributed by atoms with Gasteiger partial charge in [-0.2, -0.15) is 0 Å². The van der Waals surface area contributed by atoms with Crippen molar-refractivity contribution in [3.05, 3.63) is 12.4 Å². The van der Waals surface area contributed by atoms with Crippen molar-refractivity contribution in [2.75, 3.05) is 13.2 Å². The molecule has 0 atom stereocenters. The van der Waals surface area contributed by atoms with Crippen LogP contribution in [0.3, 0.4) is 0 Å². The van der Waals surface area contributed by atoms with E-state index in [4.69, 9.17) is 13.7 Å². The lowest BCUT2D eigenvalue weighted by molar-refractivity contribution is 0.0342. The van der Waals surface area contributed by atoms with Crippen LogP contribution in [0.15, 0.2) is 12.4 Å². The van der Waals surface area contributed by atoms with Crippen molar-refractivity contribution in [2.24, 2.45) is 5.41 Å². The quantitative estimate of drug-likeness (QED) is 0.801. The molecular weight excluding hydrogens is 295 g/mol. The third-order valence-electron chi connectivity index (χ3n) is 4.32. The van der Waals surface area contributed by atoms with E-state index in [-0.39, 0.29) is 17.6 Å². The van der Waals surface area contributed by atoms with Gasteiger partial charge in [0, 0.05) is 36.5 Å². The van der Waals surface area contributed by atoms with E-state index in [0.717, 1.165) is 5.46 Å². The normalized spacial score (nSPS) is 19.1. The standard InChI is InChI=1S/C15H27BN2O3Si/c1-14(2,3)22(6,7)21-13-17-8-12(9-18-13)16-19-10-15(4,5)11-20-16/h8-9H,10-11H2,1-7H3. The molecule has 0 radical (unpaired) electrons. The van der Waals surface area contributed by atoms with E-state index in [2.05, 4.69) is 57.7 Å². The largest absolute Gasteiger partial charge is 0.517 e. The summed E-state index contributed by atoms with van der Waals surface area (Å²) in [5.41, 5.74) is 0.890. The van der Waals surface area contributed by atoms with Crippen LogP contribution in [0.1, 0.15) is 34.6 Å². The average molecular weight is 322 g/mol. The molecule has 1 fully saturated rings. The van der Waals surface area contributed by atoms with Crippen LogP contribution in [0.5, 0.6) is 6.01 Å². The second-order valence-electron chi connectivity index (χ2n) is 8.28. The van der Waals surface area contributed by atoms with Crippen molar-refractivity contribution < 1.29 is 13.7 Å². The summed E-state index contributed by atoms with van der Waals surface area (Å²) in [5, 5.41) is 0.121. The monoisotopic (exact) mass is 322 g/mol. The molecule has 2 rings (SSSR count). The minimum absolute atomic E-state index is 0.0583. The Balaban J connectivity index is 2.02. The summed E-state index contributed by atoms with van der Waals surface area (Å²) in [4.78, 5) is 8.66. The van der Waals surface area contributed by atoms with Crippen molar-refractivity contribution in [1.29, 1.82) is 0 Å². The molecule has 0 saturated carbocycles. The Morgan fingerprint density at radius 1 is 1.14 bits per heavy atom. The SMILES string of the molecule is CC1(C)COB(c2cnc(O[Si](C)(C)C(C)(C)C)nc2)OC1. The first-order chi connectivity index (χ1) is 10.0. The second-order valence-corrected chi connectivity index (χ2v) is 13.0. The molecule has 0 aliphatic carbocycles. The zero-order valence-electron chi connectivity index (χ0n) is 14.8. The van der Waals surface area contributed by atoms with Crippen molar-refractivity contribution in [3.8, 4) is 6.01 Å². The summed E-state index contributed by atoms with van der Waals surface area (Å²) >= 11 is 0. The lowest BCUT2D eigenvalue weighted by Crippen LogP contribution is -2.48. The van der Waals surface area contributed by atoms with Gasteiger partial charge >= 0.3 is 13.1 Å². The number of aromatic nitrogens is 2. The second kappa shape index (κ2) is 5.94. The molecule has 22 heavy (non-hydrogen) atoms. The summed E-state index contributed by atoms with van der Waals surface area (Å²) in [6, 6.07) is 0.437. The maximum absolute atomic E-state index is 6.08. The van der Waals surface area contributed by atoms with E-state index in [1.54, 1.807) is 12.4 Å². The fraction of sp³-hybridized carbons (Fsp3) is 0.733. The highest BCUT2D eigenvalue weighted by atomic mass is 28.4. The lowest BCUT2D eigenvalue weighted by Gasteiger charge is -2.35. The van der Waals surface area contributed by atoms with Gasteiger partial charge in [-0.25, -0.2) is 9.97 Å². The predicted octanol–water partition coefficient (Wildman–Crippen LogP) is 2.63. The van der Waals surface area contributed by atoms with Gasteiger partial charge in [0.1, 0.15) is 0 Å². The first-order valence-corrected chi connectivity index (χ1v) is 10.7. The average Bonchev–Trinajstić information content (AvgIpc) is 2.38. The third kappa shape index (κ3) is 4.08. The molecule has 1 saturated heterocycles. The Labute approximate surface area is 135 Å². The lowest BCUT2D eigenvalue weighted by atomic mass is 9.77. The highest BCUT2D eigenvalue weighted by Crippen LogP contribution is 2.36. The van der Waals surface area contributed by atoms with Gasteiger partial charge in [-0.15, -0.1) is 0 Å². The zero-order valence-corrected chi connectivity index (χ0v) is 15.8. The van der Waals surface area contributed by atoms with Crippen LogP contribution >= 0.6 is 0 Å². The number of rotatable bonds is 3. The van der Waals surface area contributed by atoms with Gasteiger partial charge in [0.05, 0.1) is 0 Å². The van der Waals surface area contributed by atoms with Crippen molar-refractivity contribution in [2.45, 2.75) is 52.8 Å². The van der Waals surface area contributed by atoms with Crippen LogP contribution < -0.4 is 9.89 Å². The number of nitrogens with zero attached hydrogens (tertiary/aromatic N) is 2. The third-order valence-corrected chi connectivity index (χ3v) is 8.63.